The zero-order valence-electron chi connectivity index (χ0n) is 9.52. The minimum Gasteiger partial charge on any atom is -0.381 e. The van der Waals surface area contributed by atoms with Gasteiger partial charge in [-0.3, -0.25) is 4.79 Å². The van der Waals surface area contributed by atoms with Crippen LogP contribution in [0.1, 0.15) is 18.4 Å². The smallest absolute Gasteiger partial charge is 0.155 e. The van der Waals surface area contributed by atoms with E-state index in [4.69, 9.17) is 4.74 Å². The van der Waals surface area contributed by atoms with Crippen LogP contribution in [0.25, 0.3) is 0 Å². The Kier molecular flexibility index (Phi) is 6.19. The number of ether oxygens (including phenoxy) is 1. The normalized spacial score (nSPS) is 10.0. The van der Waals surface area contributed by atoms with Gasteiger partial charge in [0.05, 0.1) is 6.61 Å². The van der Waals surface area contributed by atoms with Crippen LogP contribution < -0.4 is 0 Å². The van der Waals surface area contributed by atoms with Gasteiger partial charge >= 0.3 is 0 Å². The van der Waals surface area contributed by atoms with Crippen molar-refractivity contribution >= 4 is 5.78 Å². The SMILES string of the molecule is C=CC(=O)CCCOCCc1ccccc1. The lowest BCUT2D eigenvalue weighted by Crippen LogP contribution is -2.02. The van der Waals surface area contributed by atoms with Gasteiger partial charge in [-0.25, -0.2) is 0 Å². The quantitative estimate of drug-likeness (QED) is 0.495. The Hall–Kier alpha value is -1.41. The molecule has 0 fully saturated rings. The summed E-state index contributed by atoms with van der Waals surface area (Å²) >= 11 is 0. The average Bonchev–Trinajstić information content (AvgIpc) is 2.34. The molecule has 2 nitrogen and oxygen atoms in total. The molecule has 0 bridgehead atoms. The number of benzene rings is 1. The molecule has 0 heterocycles. The number of hydrogen-bond donors (Lipinski definition) is 0. The number of carbonyl (C=O) groups excluding carboxylic acids is 1. The summed E-state index contributed by atoms with van der Waals surface area (Å²) < 4.78 is 5.45. The predicted molar refractivity (Wildman–Crippen MR) is 65.4 cm³/mol. The molecule has 0 saturated heterocycles. The molecular formula is C14H18O2. The van der Waals surface area contributed by atoms with Crippen LogP contribution in [0.3, 0.4) is 0 Å². The largest absolute Gasteiger partial charge is 0.381 e. The molecule has 86 valence electrons. The van der Waals surface area contributed by atoms with Crippen LogP contribution in [-0.2, 0) is 16.0 Å². The molecule has 0 saturated carbocycles. The minimum atomic E-state index is 0.0895. The van der Waals surface area contributed by atoms with Crippen molar-refractivity contribution in [3.8, 4) is 0 Å². The molecule has 1 rings (SSSR count). The third-order valence-electron chi connectivity index (χ3n) is 2.32. The lowest BCUT2D eigenvalue weighted by Gasteiger charge is -2.03. The van der Waals surface area contributed by atoms with Crippen LogP contribution in [0.4, 0.5) is 0 Å². The molecular weight excluding hydrogens is 200 g/mol. The first-order valence-electron chi connectivity index (χ1n) is 5.60. The highest BCUT2D eigenvalue weighted by Crippen LogP contribution is 2.00. The maximum Gasteiger partial charge on any atom is 0.155 e. The Morgan fingerprint density at radius 3 is 2.69 bits per heavy atom. The van der Waals surface area contributed by atoms with Crippen molar-refractivity contribution < 1.29 is 9.53 Å². The summed E-state index contributed by atoms with van der Waals surface area (Å²) in [5, 5.41) is 0. The van der Waals surface area contributed by atoms with E-state index in [0.717, 1.165) is 12.8 Å². The Labute approximate surface area is 96.9 Å². The minimum absolute atomic E-state index is 0.0895. The molecule has 0 aliphatic heterocycles. The van der Waals surface area contributed by atoms with Gasteiger partial charge in [0.15, 0.2) is 5.78 Å². The van der Waals surface area contributed by atoms with E-state index in [-0.39, 0.29) is 5.78 Å². The molecule has 2 heteroatoms. The van der Waals surface area contributed by atoms with Gasteiger partial charge < -0.3 is 4.74 Å². The van der Waals surface area contributed by atoms with E-state index < -0.39 is 0 Å². The van der Waals surface area contributed by atoms with Gasteiger partial charge in [0.1, 0.15) is 0 Å². The summed E-state index contributed by atoms with van der Waals surface area (Å²) in [6, 6.07) is 10.2. The Morgan fingerprint density at radius 2 is 2.00 bits per heavy atom. The first-order chi connectivity index (χ1) is 7.83. The summed E-state index contributed by atoms with van der Waals surface area (Å²) in [6.07, 6.45) is 3.61. The van der Waals surface area contributed by atoms with Crippen molar-refractivity contribution in [1.82, 2.24) is 0 Å². The Morgan fingerprint density at radius 1 is 1.25 bits per heavy atom. The van der Waals surface area contributed by atoms with Crippen molar-refractivity contribution in [2.24, 2.45) is 0 Å². The van der Waals surface area contributed by atoms with E-state index in [2.05, 4.69) is 18.7 Å². The molecule has 1 aromatic rings. The molecule has 0 aromatic heterocycles. The monoisotopic (exact) mass is 218 g/mol. The number of allylic oxidation sites excluding steroid dienone is 1. The molecule has 0 aliphatic carbocycles. The molecule has 16 heavy (non-hydrogen) atoms. The van der Waals surface area contributed by atoms with Crippen LogP contribution in [0.5, 0.6) is 0 Å². The first kappa shape index (κ1) is 12.7. The number of carbonyl (C=O) groups is 1. The number of ketones is 1. The third kappa shape index (κ3) is 5.47. The van der Waals surface area contributed by atoms with Crippen LogP contribution in [0.15, 0.2) is 43.0 Å². The van der Waals surface area contributed by atoms with Crippen molar-refractivity contribution in [2.75, 3.05) is 13.2 Å². The summed E-state index contributed by atoms with van der Waals surface area (Å²) in [7, 11) is 0. The van der Waals surface area contributed by atoms with Gasteiger partial charge in [-0.2, -0.15) is 0 Å². The second-order valence-corrected chi connectivity index (χ2v) is 3.62. The van der Waals surface area contributed by atoms with E-state index in [1.54, 1.807) is 0 Å². The summed E-state index contributed by atoms with van der Waals surface area (Å²) in [4.78, 5) is 10.9. The van der Waals surface area contributed by atoms with Crippen LogP contribution >= 0.6 is 0 Å². The van der Waals surface area contributed by atoms with Crippen molar-refractivity contribution in [3.63, 3.8) is 0 Å². The summed E-state index contributed by atoms with van der Waals surface area (Å²) in [5.74, 6) is 0.0895. The molecule has 0 N–H and O–H groups in total. The highest BCUT2D eigenvalue weighted by molar-refractivity contribution is 5.88. The molecule has 0 aliphatic rings. The fourth-order valence-electron chi connectivity index (χ4n) is 1.39. The zero-order valence-corrected chi connectivity index (χ0v) is 9.52. The molecule has 0 amide bonds. The maximum absolute atomic E-state index is 10.9. The first-order valence-corrected chi connectivity index (χ1v) is 5.60. The second kappa shape index (κ2) is 7.83. The third-order valence-corrected chi connectivity index (χ3v) is 2.32. The van der Waals surface area contributed by atoms with E-state index in [1.807, 2.05) is 18.2 Å². The second-order valence-electron chi connectivity index (χ2n) is 3.62. The zero-order chi connectivity index (χ0) is 11.6. The lowest BCUT2D eigenvalue weighted by atomic mass is 10.2. The lowest BCUT2D eigenvalue weighted by molar-refractivity contribution is -0.114. The highest BCUT2D eigenvalue weighted by Gasteiger charge is 1.96. The van der Waals surface area contributed by atoms with Crippen LogP contribution in [-0.4, -0.2) is 19.0 Å². The van der Waals surface area contributed by atoms with E-state index >= 15 is 0 Å². The van der Waals surface area contributed by atoms with Crippen molar-refractivity contribution in [3.05, 3.63) is 48.6 Å². The average molecular weight is 218 g/mol. The van der Waals surface area contributed by atoms with Crippen LogP contribution in [0, 0.1) is 0 Å². The van der Waals surface area contributed by atoms with E-state index in [0.29, 0.717) is 19.6 Å². The molecule has 0 spiro atoms. The molecule has 0 radical (unpaired) electrons. The number of rotatable bonds is 8. The number of hydrogen-bond acceptors (Lipinski definition) is 2. The predicted octanol–water partition coefficient (Wildman–Crippen LogP) is 2.78. The van der Waals surface area contributed by atoms with Gasteiger partial charge in [-0.1, -0.05) is 36.9 Å². The molecule has 1 aromatic carbocycles. The van der Waals surface area contributed by atoms with Gasteiger partial charge in [0, 0.05) is 13.0 Å². The Bertz CT molecular complexity index is 317. The van der Waals surface area contributed by atoms with E-state index in [9.17, 15) is 4.79 Å². The fourth-order valence-corrected chi connectivity index (χ4v) is 1.39. The van der Waals surface area contributed by atoms with Crippen molar-refractivity contribution in [1.29, 1.82) is 0 Å². The fraction of sp³-hybridized carbons (Fsp3) is 0.357. The highest BCUT2D eigenvalue weighted by atomic mass is 16.5. The van der Waals surface area contributed by atoms with E-state index in [1.165, 1.54) is 11.6 Å². The summed E-state index contributed by atoms with van der Waals surface area (Å²) in [5.41, 5.74) is 1.28. The van der Waals surface area contributed by atoms with Gasteiger partial charge in [-0.05, 0) is 24.5 Å². The van der Waals surface area contributed by atoms with Gasteiger partial charge in [0.2, 0.25) is 0 Å². The molecule has 0 atom stereocenters. The topological polar surface area (TPSA) is 26.3 Å². The van der Waals surface area contributed by atoms with Crippen molar-refractivity contribution in [2.45, 2.75) is 19.3 Å². The Balaban J connectivity index is 2.00. The van der Waals surface area contributed by atoms with Crippen LogP contribution in [0.2, 0.25) is 0 Å². The molecule has 0 unspecified atom stereocenters. The maximum atomic E-state index is 10.9. The van der Waals surface area contributed by atoms with Gasteiger partial charge in [-0.15, -0.1) is 0 Å². The standard InChI is InChI=1S/C14H18O2/c1-2-14(15)9-6-11-16-12-10-13-7-4-3-5-8-13/h2-5,7-8H,1,6,9-12H2. The summed E-state index contributed by atoms with van der Waals surface area (Å²) in [6.45, 7) is 4.78. The van der Waals surface area contributed by atoms with Gasteiger partial charge in [0.25, 0.3) is 0 Å².